The molecule has 2 aromatic carbocycles. The Morgan fingerprint density at radius 3 is 2.40 bits per heavy atom. The Morgan fingerprint density at radius 1 is 1.12 bits per heavy atom. The number of nitrogens with one attached hydrogen (secondary N) is 1. The van der Waals surface area contributed by atoms with Gasteiger partial charge >= 0.3 is 5.97 Å². The minimum atomic E-state index is -1.16. The molecule has 2 aromatic heterocycles. The van der Waals surface area contributed by atoms with Crippen LogP contribution >= 0.6 is 11.6 Å². The molecule has 1 amide bonds. The molecule has 0 aliphatic carbocycles. The molecular formula is C32H33ClN6O4. The van der Waals surface area contributed by atoms with Gasteiger partial charge in [0.1, 0.15) is 6.04 Å². The minimum Gasteiger partial charge on any atom is -0.480 e. The number of rotatable bonds is 8. The maximum atomic E-state index is 13.2. The smallest absolute Gasteiger partial charge is 0.327 e. The van der Waals surface area contributed by atoms with Gasteiger partial charge in [-0.3, -0.25) is 25.8 Å². The van der Waals surface area contributed by atoms with E-state index < -0.39 is 17.9 Å². The fraction of sp³-hybridized carbons (Fsp3) is 0.219. The largest absolute Gasteiger partial charge is 0.480 e. The predicted molar refractivity (Wildman–Crippen MR) is 167 cm³/mol. The number of carboxylic acids is 1. The molecular weight excluding hydrogens is 568 g/mol. The van der Waals surface area contributed by atoms with Gasteiger partial charge in [0.2, 0.25) is 0 Å². The third-order valence-corrected chi connectivity index (χ3v) is 6.53. The maximum Gasteiger partial charge on any atom is 0.327 e. The number of fused-ring (bicyclic) bond motifs is 1. The van der Waals surface area contributed by atoms with Gasteiger partial charge in [0.15, 0.2) is 6.29 Å². The van der Waals surface area contributed by atoms with Crippen LogP contribution in [0.15, 0.2) is 67.0 Å². The van der Waals surface area contributed by atoms with E-state index in [1.807, 2.05) is 38.1 Å². The van der Waals surface area contributed by atoms with Crippen molar-refractivity contribution in [2.75, 3.05) is 20.1 Å². The van der Waals surface area contributed by atoms with Gasteiger partial charge in [-0.2, -0.15) is 0 Å². The molecule has 10 nitrogen and oxygen atoms in total. The number of aldehydes is 1. The summed E-state index contributed by atoms with van der Waals surface area (Å²) in [6.07, 6.45) is 4.05. The van der Waals surface area contributed by atoms with Gasteiger partial charge in [-0.25, -0.2) is 9.78 Å². The second kappa shape index (κ2) is 15.5. The van der Waals surface area contributed by atoms with Crippen LogP contribution < -0.4 is 17.0 Å². The molecule has 0 saturated heterocycles. The van der Waals surface area contributed by atoms with Crippen molar-refractivity contribution in [1.29, 1.82) is 0 Å². The number of hydrogen-bond acceptors (Lipinski definition) is 8. The first kappa shape index (κ1) is 32.8. The summed E-state index contributed by atoms with van der Waals surface area (Å²) in [5.41, 5.74) is 12.1. The number of amides is 1. The number of carboxylic acid groups (broad SMARTS) is 1. The molecule has 0 aliphatic heterocycles. The highest BCUT2D eigenvalue weighted by molar-refractivity contribution is 6.32. The van der Waals surface area contributed by atoms with Crippen molar-refractivity contribution in [2.24, 2.45) is 17.5 Å². The lowest BCUT2D eigenvalue weighted by molar-refractivity contribution is -0.142. The van der Waals surface area contributed by atoms with E-state index in [0.717, 1.165) is 17.4 Å². The number of nitrogens with zero attached hydrogens (tertiary/aromatic N) is 3. The van der Waals surface area contributed by atoms with Gasteiger partial charge in [0.25, 0.3) is 5.91 Å². The average Bonchev–Trinajstić information content (AvgIpc) is 2.99. The van der Waals surface area contributed by atoms with Crippen LogP contribution in [-0.4, -0.2) is 64.3 Å². The Balaban J connectivity index is 0.00000162. The Morgan fingerprint density at radius 2 is 1.81 bits per heavy atom. The Kier molecular flexibility index (Phi) is 11.9. The molecule has 11 heteroatoms. The Hall–Kier alpha value is -4.66. The van der Waals surface area contributed by atoms with Crippen LogP contribution in [0.2, 0.25) is 5.02 Å². The molecule has 4 rings (SSSR count). The highest BCUT2D eigenvalue weighted by Gasteiger charge is 2.30. The maximum absolute atomic E-state index is 13.2. The first-order valence-electron chi connectivity index (χ1n) is 13.4. The van der Waals surface area contributed by atoms with E-state index >= 15 is 0 Å². The minimum absolute atomic E-state index is 0.0470. The fourth-order valence-electron chi connectivity index (χ4n) is 4.23. The van der Waals surface area contributed by atoms with Crippen molar-refractivity contribution in [2.45, 2.75) is 19.9 Å². The second-order valence-electron chi connectivity index (χ2n) is 9.86. The monoisotopic (exact) mass is 600 g/mol. The summed E-state index contributed by atoms with van der Waals surface area (Å²) in [4.78, 5) is 46.4. The van der Waals surface area contributed by atoms with Gasteiger partial charge in [-0.15, -0.1) is 0 Å². The summed E-state index contributed by atoms with van der Waals surface area (Å²) in [6.45, 7) is 3.83. The van der Waals surface area contributed by atoms with Crippen LogP contribution in [0.1, 0.15) is 45.7 Å². The number of hydrogen-bond donors (Lipinski definition) is 4. The van der Waals surface area contributed by atoms with Crippen molar-refractivity contribution in [3.63, 3.8) is 0 Å². The number of hydrazine groups is 1. The van der Waals surface area contributed by atoms with Crippen LogP contribution in [0.3, 0.4) is 0 Å². The van der Waals surface area contributed by atoms with Crippen molar-refractivity contribution in [1.82, 2.24) is 20.3 Å². The van der Waals surface area contributed by atoms with Crippen LogP contribution in [0.4, 0.5) is 0 Å². The van der Waals surface area contributed by atoms with Gasteiger partial charge < -0.3 is 15.7 Å². The zero-order valence-corrected chi connectivity index (χ0v) is 24.8. The summed E-state index contributed by atoms with van der Waals surface area (Å²) < 4.78 is 0. The summed E-state index contributed by atoms with van der Waals surface area (Å²) >= 11 is 6.45. The van der Waals surface area contributed by atoms with Crippen LogP contribution in [0, 0.1) is 17.8 Å². The van der Waals surface area contributed by atoms with Crippen LogP contribution in [0.25, 0.3) is 22.2 Å². The van der Waals surface area contributed by atoms with Crippen LogP contribution in [-0.2, 0) is 4.79 Å². The molecule has 0 aliphatic rings. The highest BCUT2D eigenvalue weighted by Crippen LogP contribution is 2.24. The summed E-state index contributed by atoms with van der Waals surface area (Å²) in [7, 11) is 1.65. The molecule has 0 bridgehead atoms. The normalized spacial score (nSPS) is 11.1. The number of benzene rings is 2. The van der Waals surface area contributed by atoms with E-state index in [9.17, 15) is 19.5 Å². The molecule has 6 N–H and O–H groups in total. The standard InChI is InChI=1S/C31H27ClN4O4.CH6N2/c1-19(2)17-36(29(15-33)31(39)40)30(38)23-10-9-21(26(32)13-23)6-3-20-4-7-22(8-5-20)28-14-24(18-37)25-16-34-12-11-27(25)35-28;1-3-2/h4-5,7-14,16,18-19,29H,15,17,33H2,1-2H3,(H,39,40);3H,2H2,1H3. The molecule has 222 valence electrons. The highest BCUT2D eigenvalue weighted by atomic mass is 35.5. The number of aliphatic carboxylic acids is 1. The quantitative estimate of drug-likeness (QED) is 0.102. The molecule has 0 radical (unpaired) electrons. The van der Waals surface area contributed by atoms with Crippen LogP contribution in [0.5, 0.6) is 0 Å². The van der Waals surface area contributed by atoms with Gasteiger partial charge in [-0.05, 0) is 55.4 Å². The van der Waals surface area contributed by atoms with Crippen molar-refractivity contribution in [3.05, 3.63) is 94.3 Å². The van der Waals surface area contributed by atoms with E-state index in [4.69, 9.17) is 17.3 Å². The molecule has 4 aromatic rings. The predicted octanol–water partition coefficient (Wildman–Crippen LogP) is 3.75. The molecule has 0 spiro atoms. The van der Waals surface area contributed by atoms with Gasteiger partial charge in [-0.1, -0.05) is 49.4 Å². The lowest BCUT2D eigenvalue weighted by atomic mass is 10.0. The Labute approximate surface area is 255 Å². The average molecular weight is 601 g/mol. The second-order valence-corrected chi connectivity index (χ2v) is 10.3. The molecule has 43 heavy (non-hydrogen) atoms. The molecule has 1 atom stereocenters. The number of carbonyl (C=O) groups is 3. The summed E-state index contributed by atoms with van der Waals surface area (Å²) in [5.74, 6) is 9.11. The number of pyridine rings is 2. The van der Waals surface area contributed by atoms with E-state index in [2.05, 4.69) is 33.1 Å². The molecule has 1 unspecified atom stereocenters. The summed E-state index contributed by atoms with van der Waals surface area (Å²) in [6, 6.07) is 14.5. The first-order valence-corrected chi connectivity index (χ1v) is 13.7. The molecule has 0 saturated carbocycles. The molecule has 0 fully saturated rings. The van der Waals surface area contributed by atoms with Crippen molar-refractivity contribution >= 4 is 40.7 Å². The zero-order valence-electron chi connectivity index (χ0n) is 24.0. The number of halogens is 1. The van der Waals surface area contributed by atoms with E-state index in [-0.39, 0.29) is 29.6 Å². The topological polar surface area (TPSA) is 165 Å². The SMILES string of the molecule is CC(C)CN(C(=O)c1ccc(C#Cc2ccc(-c3cc(C=O)c4cnccc4n3)cc2)c(Cl)c1)C(CN)C(=O)O.CNN. The Bertz CT molecular complexity index is 1660. The molecule has 2 heterocycles. The third kappa shape index (κ3) is 8.44. The van der Waals surface area contributed by atoms with E-state index in [1.54, 1.807) is 43.7 Å². The number of aromatic nitrogens is 2. The van der Waals surface area contributed by atoms with E-state index in [0.29, 0.717) is 27.7 Å². The fourth-order valence-corrected chi connectivity index (χ4v) is 4.45. The van der Waals surface area contributed by atoms with Crippen molar-refractivity contribution < 1.29 is 19.5 Å². The first-order chi connectivity index (χ1) is 20.6. The number of carbonyl (C=O) groups excluding carboxylic acids is 2. The van der Waals surface area contributed by atoms with Crippen molar-refractivity contribution in [3.8, 4) is 23.1 Å². The third-order valence-electron chi connectivity index (χ3n) is 6.21. The lowest BCUT2D eigenvalue weighted by Gasteiger charge is -2.30. The van der Waals surface area contributed by atoms with Gasteiger partial charge in [0.05, 0.1) is 16.2 Å². The lowest BCUT2D eigenvalue weighted by Crippen LogP contribution is -2.50. The van der Waals surface area contributed by atoms with E-state index in [1.165, 1.54) is 11.0 Å². The zero-order chi connectivity index (χ0) is 31.5. The van der Waals surface area contributed by atoms with Gasteiger partial charge in [0, 0.05) is 58.7 Å². The number of nitrogens with two attached hydrogens (primary N) is 2. The summed E-state index contributed by atoms with van der Waals surface area (Å²) in [5, 5.41) is 10.5.